The van der Waals surface area contributed by atoms with Crippen molar-refractivity contribution in [2.75, 3.05) is 0 Å². The van der Waals surface area contributed by atoms with Crippen molar-refractivity contribution < 1.29 is 10.2 Å². The van der Waals surface area contributed by atoms with Gasteiger partial charge in [0.15, 0.2) is 0 Å². The Bertz CT molecular complexity index is 297. The summed E-state index contributed by atoms with van der Waals surface area (Å²) in [5, 5.41) is 18.3. The largest absolute Gasteiger partial charge is 0.508 e. The highest BCUT2D eigenvalue weighted by Crippen LogP contribution is 2.27. The van der Waals surface area contributed by atoms with Crippen molar-refractivity contribution in [3.8, 4) is 5.75 Å². The van der Waals surface area contributed by atoms with Gasteiger partial charge in [0.1, 0.15) is 5.75 Å². The molecule has 0 atom stereocenters. The summed E-state index contributed by atoms with van der Waals surface area (Å²) >= 11 is 0. The Hall–Kier alpha value is -1.02. The first-order valence-corrected chi connectivity index (χ1v) is 4.38. The van der Waals surface area contributed by atoms with E-state index in [1.807, 2.05) is 6.07 Å². The number of aliphatic hydroxyl groups excluding tert-OH is 1. The van der Waals surface area contributed by atoms with Crippen LogP contribution in [0.15, 0.2) is 18.2 Å². The lowest BCUT2D eigenvalue weighted by molar-refractivity contribution is 0.275. The van der Waals surface area contributed by atoms with Crippen LogP contribution >= 0.6 is 0 Å². The van der Waals surface area contributed by atoms with Crippen LogP contribution in [-0.2, 0) is 12.0 Å². The van der Waals surface area contributed by atoms with Gasteiger partial charge in [0.2, 0.25) is 0 Å². The van der Waals surface area contributed by atoms with Gasteiger partial charge in [-0.05, 0) is 17.0 Å². The third kappa shape index (κ3) is 2.22. The van der Waals surface area contributed by atoms with Crippen molar-refractivity contribution in [2.24, 2.45) is 0 Å². The van der Waals surface area contributed by atoms with Gasteiger partial charge in [0, 0.05) is 5.56 Å². The molecule has 0 aliphatic rings. The number of aromatic hydroxyl groups is 1. The lowest BCUT2D eigenvalue weighted by atomic mass is 9.86. The van der Waals surface area contributed by atoms with Gasteiger partial charge in [0.25, 0.3) is 0 Å². The molecule has 13 heavy (non-hydrogen) atoms. The van der Waals surface area contributed by atoms with Crippen LogP contribution in [0.2, 0.25) is 0 Å². The van der Waals surface area contributed by atoms with Crippen molar-refractivity contribution in [2.45, 2.75) is 32.8 Å². The minimum absolute atomic E-state index is 0.0332. The fraction of sp³-hybridized carbons (Fsp3) is 0.455. The maximum absolute atomic E-state index is 9.49. The molecule has 0 spiro atoms. The fourth-order valence-electron chi connectivity index (χ4n) is 1.16. The number of benzene rings is 1. The van der Waals surface area contributed by atoms with Gasteiger partial charge in [-0.2, -0.15) is 0 Å². The van der Waals surface area contributed by atoms with Crippen LogP contribution in [0.3, 0.4) is 0 Å². The molecule has 0 bridgehead atoms. The molecule has 1 aromatic carbocycles. The molecule has 0 saturated heterocycles. The van der Waals surface area contributed by atoms with E-state index in [-0.39, 0.29) is 17.8 Å². The normalized spacial score (nSPS) is 11.7. The van der Waals surface area contributed by atoms with E-state index < -0.39 is 0 Å². The minimum Gasteiger partial charge on any atom is -0.508 e. The summed E-state index contributed by atoms with van der Waals surface area (Å²) in [6.07, 6.45) is 0. The van der Waals surface area contributed by atoms with E-state index in [9.17, 15) is 5.11 Å². The molecule has 0 radical (unpaired) electrons. The topological polar surface area (TPSA) is 40.5 Å². The smallest absolute Gasteiger partial charge is 0.121 e. The van der Waals surface area contributed by atoms with Crippen LogP contribution in [0.5, 0.6) is 5.75 Å². The van der Waals surface area contributed by atoms with Crippen molar-refractivity contribution in [1.82, 2.24) is 0 Å². The molecule has 0 aromatic heterocycles. The average molecular weight is 180 g/mol. The van der Waals surface area contributed by atoms with E-state index in [0.717, 1.165) is 5.56 Å². The lowest BCUT2D eigenvalue weighted by Crippen LogP contribution is -2.10. The van der Waals surface area contributed by atoms with Gasteiger partial charge in [-0.25, -0.2) is 0 Å². The number of rotatable bonds is 1. The zero-order chi connectivity index (χ0) is 10.1. The second kappa shape index (κ2) is 3.38. The molecule has 2 heteroatoms. The van der Waals surface area contributed by atoms with E-state index >= 15 is 0 Å². The maximum atomic E-state index is 9.49. The zero-order valence-corrected chi connectivity index (χ0v) is 8.33. The van der Waals surface area contributed by atoms with Gasteiger partial charge in [-0.1, -0.05) is 32.9 Å². The molecule has 72 valence electrons. The van der Waals surface area contributed by atoms with E-state index in [0.29, 0.717) is 5.56 Å². The summed E-state index contributed by atoms with van der Waals surface area (Å²) in [5.41, 5.74) is 1.68. The van der Waals surface area contributed by atoms with Crippen molar-refractivity contribution in [3.63, 3.8) is 0 Å². The molecule has 1 rings (SSSR count). The number of phenols is 1. The van der Waals surface area contributed by atoms with Crippen LogP contribution < -0.4 is 0 Å². The van der Waals surface area contributed by atoms with Crippen LogP contribution in [-0.4, -0.2) is 10.2 Å². The van der Waals surface area contributed by atoms with Crippen molar-refractivity contribution in [1.29, 1.82) is 0 Å². The van der Waals surface area contributed by atoms with Gasteiger partial charge in [-0.3, -0.25) is 0 Å². The molecule has 2 N–H and O–H groups in total. The number of hydrogen-bond acceptors (Lipinski definition) is 2. The Balaban J connectivity index is 3.10. The first-order chi connectivity index (χ1) is 5.95. The summed E-state index contributed by atoms with van der Waals surface area (Å²) in [5.74, 6) is 0.176. The Labute approximate surface area is 78.8 Å². The Morgan fingerprint density at radius 3 is 2.23 bits per heavy atom. The Morgan fingerprint density at radius 1 is 1.23 bits per heavy atom. The molecule has 0 aliphatic heterocycles. The van der Waals surface area contributed by atoms with E-state index in [4.69, 9.17) is 5.11 Å². The zero-order valence-electron chi connectivity index (χ0n) is 8.33. The molecule has 0 unspecified atom stereocenters. The second-order valence-electron chi connectivity index (χ2n) is 4.25. The molecular formula is C11H16O2. The number of hydrogen-bond donors (Lipinski definition) is 2. The molecule has 0 amide bonds. The summed E-state index contributed by atoms with van der Waals surface area (Å²) in [6, 6.07) is 5.41. The Morgan fingerprint density at radius 2 is 1.85 bits per heavy atom. The molecule has 0 heterocycles. The van der Waals surface area contributed by atoms with Gasteiger partial charge < -0.3 is 10.2 Å². The van der Waals surface area contributed by atoms with Gasteiger partial charge in [-0.15, -0.1) is 0 Å². The molecule has 0 saturated carbocycles. The predicted octanol–water partition coefficient (Wildman–Crippen LogP) is 2.18. The quantitative estimate of drug-likeness (QED) is 0.695. The molecule has 1 aromatic rings. The highest BCUT2D eigenvalue weighted by molar-refractivity contribution is 5.38. The van der Waals surface area contributed by atoms with Crippen molar-refractivity contribution in [3.05, 3.63) is 29.3 Å². The molecule has 0 fully saturated rings. The van der Waals surface area contributed by atoms with Crippen LogP contribution in [0.25, 0.3) is 0 Å². The standard InChI is InChI=1S/C11H16O2/c1-11(2,3)9-5-4-8(7-12)10(13)6-9/h4-6,12-13H,7H2,1-3H3. The van der Waals surface area contributed by atoms with Crippen LogP contribution in [0, 0.1) is 0 Å². The summed E-state index contributed by atoms with van der Waals surface area (Å²) in [6.45, 7) is 6.14. The lowest BCUT2D eigenvalue weighted by Gasteiger charge is -2.19. The van der Waals surface area contributed by atoms with Crippen LogP contribution in [0.1, 0.15) is 31.9 Å². The molecule has 2 nitrogen and oxygen atoms in total. The minimum atomic E-state index is -0.115. The SMILES string of the molecule is CC(C)(C)c1ccc(CO)c(O)c1. The number of aliphatic hydroxyl groups is 1. The predicted molar refractivity (Wildman–Crippen MR) is 52.7 cm³/mol. The monoisotopic (exact) mass is 180 g/mol. The maximum Gasteiger partial charge on any atom is 0.121 e. The van der Waals surface area contributed by atoms with E-state index in [2.05, 4.69) is 20.8 Å². The second-order valence-corrected chi connectivity index (χ2v) is 4.25. The van der Waals surface area contributed by atoms with Gasteiger partial charge in [0.05, 0.1) is 6.61 Å². The highest BCUT2D eigenvalue weighted by atomic mass is 16.3. The molecule has 0 aliphatic carbocycles. The average Bonchev–Trinajstić information content (AvgIpc) is 2.02. The first-order valence-electron chi connectivity index (χ1n) is 4.38. The van der Waals surface area contributed by atoms with E-state index in [1.165, 1.54) is 0 Å². The summed E-state index contributed by atoms with van der Waals surface area (Å²) in [7, 11) is 0. The highest BCUT2D eigenvalue weighted by Gasteiger charge is 2.14. The fourth-order valence-corrected chi connectivity index (χ4v) is 1.16. The van der Waals surface area contributed by atoms with Gasteiger partial charge >= 0.3 is 0 Å². The third-order valence-corrected chi connectivity index (χ3v) is 2.12. The summed E-state index contributed by atoms with van der Waals surface area (Å²) in [4.78, 5) is 0. The van der Waals surface area contributed by atoms with Crippen LogP contribution in [0.4, 0.5) is 0 Å². The van der Waals surface area contributed by atoms with E-state index in [1.54, 1.807) is 12.1 Å². The first kappa shape index (κ1) is 10.1. The van der Waals surface area contributed by atoms with Crippen molar-refractivity contribution >= 4 is 0 Å². The Kier molecular flexibility index (Phi) is 2.62. The molecular weight excluding hydrogens is 164 g/mol. The summed E-state index contributed by atoms with van der Waals surface area (Å²) < 4.78 is 0. The third-order valence-electron chi connectivity index (χ3n) is 2.12.